The van der Waals surface area contributed by atoms with E-state index < -0.39 is 4.92 Å². The fraction of sp³-hybridized carbons (Fsp3) is 0.182. The van der Waals surface area contributed by atoms with E-state index in [4.69, 9.17) is 5.26 Å². The maximum atomic E-state index is 10.7. The zero-order chi connectivity index (χ0) is 13.8. The molecule has 0 atom stereocenters. The normalized spacial score (nSPS) is 9.89. The Morgan fingerprint density at radius 3 is 2.89 bits per heavy atom. The van der Waals surface area contributed by atoms with Crippen molar-refractivity contribution in [3.05, 3.63) is 44.0 Å². The summed E-state index contributed by atoms with van der Waals surface area (Å²) in [5, 5.41) is 25.3. The summed E-state index contributed by atoms with van der Waals surface area (Å²) < 4.78 is 0. The lowest BCUT2D eigenvalue weighted by molar-refractivity contribution is -0.385. The van der Waals surface area contributed by atoms with Crippen LogP contribution in [0.1, 0.15) is 16.4 Å². The van der Waals surface area contributed by atoms with E-state index in [-0.39, 0.29) is 11.4 Å². The smallest absolute Gasteiger partial charge is 0.305 e. The molecular formula is C11H9N5O2S. The van der Waals surface area contributed by atoms with E-state index in [0.717, 1.165) is 10.7 Å². The summed E-state index contributed by atoms with van der Waals surface area (Å²) in [5.74, 6) is 0.410. The molecule has 0 aliphatic carbocycles. The van der Waals surface area contributed by atoms with Crippen LogP contribution in [0.25, 0.3) is 0 Å². The van der Waals surface area contributed by atoms with Gasteiger partial charge in [0.15, 0.2) is 0 Å². The van der Waals surface area contributed by atoms with Crippen molar-refractivity contribution in [2.45, 2.75) is 13.5 Å². The fourth-order valence-electron chi connectivity index (χ4n) is 1.45. The number of nitro groups is 1. The highest BCUT2D eigenvalue weighted by Gasteiger charge is 2.15. The Hall–Kier alpha value is -2.53. The van der Waals surface area contributed by atoms with Crippen LogP contribution in [0.4, 0.5) is 11.5 Å². The average Bonchev–Trinajstić information content (AvgIpc) is 2.81. The summed E-state index contributed by atoms with van der Waals surface area (Å²) in [6.07, 6.45) is 0. The fourth-order valence-corrected chi connectivity index (χ4v) is 2.06. The highest BCUT2D eigenvalue weighted by molar-refractivity contribution is 7.09. The van der Waals surface area contributed by atoms with Crippen molar-refractivity contribution in [2.24, 2.45) is 0 Å². The molecule has 1 N–H and O–H groups in total. The van der Waals surface area contributed by atoms with Crippen LogP contribution >= 0.6 is 11.3 Å². The number of hydrogen-bond acceptors (Lipinski definition) is 7. The van der Waals surface area contributed by atoms with Gasteiger partial charge in [0.05, 0.1) is 22.2 Å². The Kier molecular flexibility index (Phi) is 3.68. The molecule has 0 unspecified atom stereocenters. The second kappa shape index (κ2) is 5.41. The van der Waals surface area contributed by atoms with Gasteiger partial charge in [-0.1, -0.05) is 0 Å². The van der Waals surface area contributed by atoms with Crippen molar-refractivity contribution >= 4 is 22.8 Å². The molecule has 0 radical (unpaired) electrons. The predicted octanol–water partition coefficient (Wildman–Crippen LogP) is 2.24. The molecule has 0 bridgehead atoms. The van der Waals surface area contributed by atoms with Crippen LogP contribution in [-0.2, 0) is 6.54 Å². The van der Waals surface area contributed by atoms with Gasteiger partial charge >= 0.3 is 5.69 Å². The van der Waals surface area contributed by atoms with Crippen molar-refractivity contribution in [1.29, 1.82) is 5.26 Å². The second-order valence-electron chi connectivity index (χ2n) is 3.64. The minimum atomic E-state index is -0.626. The molecule has 0 saturated heterocycles. The lowest BCUT2D eigenvalue weighted by Crippen LogP contribution is -2.04. The van der Waals surface area contributed by atoms with Crippen molar-refractivity contribution in [2.75, 3.05) is 5.32 Å². The van der Waals surface area contributed by atoms with Gasteiger partial charge in [-0.25, -0.2) is 9.97 Å². The maximum absolute atomic E-state index is 10.7. The Morgan fingerprint density at radius 2 is 2.32 bits per heavy atom. The monoisotopic (exact) mass is 275 g/mol. The number of anilines is 1. The third kappa shape index (κ3) is 3.02. The highest BCUT2D eigenvalue weighted by atomic mass is 32.1. The molecule has 96 valence electrons. The number of aryl methyl sites for hydroxylation is 1. The van der Waals surface area contributed by atoms with Crippen molar-refractivity contribution in [3.63, 3.8) is 0 Å². The number of nitrogens with zero attached hydrogens (tertiary/aromatic N) is 4. The second-order valence-corrected chi connectivity index (χ2v) is 4.71. The standard InChI is InChI=1S/C11H9N5O2S/c1-7-14-8(6-19-7)5-13-11-3-2-10(16(17)18)9(4-12)15-11/h2-3,6H,5H2,1H3,(H,13,15). The van der Waals surface area contributed by atoms with Crippen molar-refractivity contribution < 1.29 is 4.92 Å². The van der Waals surface area contributed by atoms with E-state index in [9.17, 15) is 10.1 Å². The first kappa shape index (κ1) is 12.9. The zero-order valence-corrected chi connectivity index (χ0v) is 10.8. The van der Waals surface area contributed by atoms with E-state index in [1.54, 1.807) is 17.4 Å². The number of aromatic nitrogens is 2. The van der Waals surface area contributed by atoms with Crippen LogP contribution in [0, 0.1) is 28.4 Å². The highest BCUT2D eigenvalue weighted by Crippen LogP contribution is 2.18. The molecule has 0 spiro atoms. The first-order valence-corrected chi connectivity index (χ1v) is 6.18. The molecule has 2 aromatic heterocycles. The number of nitriles is 1. The molecule has 0 saturated carbocycles. The van der Waals surface area contributed by atoms with Crippen LogP contribution in [0.5, 0.6) is 0 Å². The molecule has 7 nitrogen and oxygen atoms in total. The Labute approximate surface area is 112 Å². The number of rotatable bonds is 4. The maximum Gasteiger partial charge on any atom is 0.305 e. The summed E-state index contributed by atoms with van der Waals surface area (Å²) in [6.45, 7) is 2.37. The van der Waals surface area contributed by atoms with Crippen LogP contribution in [0.3, 0.4) is 0 Å². The molecule has 0 amide bonds. The average molecular weight is 275 g/mol. The minimum Gasteiger partial charge on any atom is -0.364 e. The minimum absolute atomic E-state index is 0.204. The predicted molar refractivity (Wildman–Crippen MR) is 69.8 cm³/mol. The Bertz CT molecular complexity index is 661. The van der Waals surface area contributed by atoms with Gasteiger partial charge in [-0.15, -0.1) is 11.3 Å². The summed E-state index contributed by atoms with van der Waals surface area (Å²) in [6, 6.07) is 4.45. The van der Waals surface area contributed by atoms with Crippen LogP contribution in [0.15, 0.2) is 17.5 Å². The third-order valence-corrected chi connectivity index (χ3v) is 3.12. The number of hydrogen-bond donors (Lipinski definition) is 1. The molecule has 0 aromatic carbocycles. The van der Waals surface area contributed by atoms with Gasteiger partial charge < -0.3 is 5.32 Å². The third-order valence-electron chi connectivity index (χ3n) is 2.29. The zero-order valence-electron chi connectivity index (χ0n) is 9.95. The molecule has 2 rings (SSSR count). The van der Waals surface area contributed by atoms with E-state index in [2.05, 4.69) is 15.3 Å². The molecule has 0 aliphatic rings. The molecule has 2 heterocycles. The van der Waals surface area contributed by atoms with E-state index in [1.165, 1.54) is 12.1 Å². The Morgan fingerprint density at radius 1 is 1.53 bits per heavy atom. The number of nitrogens with one attached hydrogen (secondary N) is 1. The van der Waals surface area contributed by atoms with Gasteiger partial charge in [0.1, 0.15) is 11.9 Å². The van der Waals surface area contributed by atoms with Gasteiger partial charge in [0.2, 0.25) is 5.69 Å². The summed E-state index contributed by atoms with van der Waals surface area (Å²) in [5.41, 5.74) is 0.364. The van der Waals surface area contributed by atoms with Crippen LogP contribution in [-0.4, -0.2) is 14.9 Å². The lowest BCUT2D eigenvalue weighted by Gasteiger charge is -2.03. The van der Waals surface area contributed by atoms with Gasteiger partial charge in [-0.3, -0.25) is 10.1 Å². The lowest BCUT2D eigenvalue weighted by atomic mass is 10.3. The van der Waals surface area contributed by atoms with Gasteiger partial charge in [0, 0.05) is 11.4 Å². The SMILES string of the molecule is Cc1nc(CNc2ccc([N+](=O)[O-])c(C#N)n2)cs1. The van der Waals surface area contributed by atoms with Crippen molar-refractivity contribution in [1.82, 2.24) is 9.97 Å². The first-order valence-electron chi connectivity index (χ1n) is 5.30. The molecule has 8 heteroatoms. The van der Waals surface area contributed by atoms with Gasteiger partial charge in [-0.05, 0) is 13.0 Å². The first-order chi connectivity index (χ1) is 9.10. The summed E-state index contributed by atoms with van der Waals surface area (Å²) >= 11 is 1.54. The number of thiazole rings is 1. The number of pyridine rings is 1. The quantitative estimate of drug-likeness (QED) is 0.677. The molecule has 0 fully saturated rings. The molecule has 0 aliphatic heterocycles. The summed E-state index contributed by atoms with van der Waals surface area (Å²) in [4.78, 5) is 18.2. The van der Waals surface area contributed by atoms with E-state index in [0.29, 0.717) is 12.4 Å². The van der Waals surface area contributed by atoms with E-state index in [1.807, 2.05) is 12.3 Å². The van der Waals surface area contributed by atoms with Gasteiger partial charge in [0.25, 0.3) is 0 Å². The largest absolute Gasteiger partial charge is 0.364 e. The van der Waals surface area contributed by atoms with Gasteiger partial charge in [-0.2, -0.15) is 5.26 Å². The Balaban J connectivity index is 2.14. The molecule has 19 heavy (non-hydrogen) atoms. The molecule has 2 aromatic rings. The van der Waals surface area contributed by atoms with E-state index >= 15 is 0 Å². The topological polar surface area (TPSA) is 105 Å². The van der Waals surface area contributed by atoms with Crippen LogP contribution in [0.2, 0.25) is 0 Å². The van der Waals surface area contributed by atoms with Crippen LogP contribution < -0.4 is 5.32 Å². The molecular weight excluding hydrogens is 266 g/mol. The van der Waals surface area contributed by atoms with Crippen molar-refractivity contribution in [3.8, 4) is 6.07 Å². The summed E-state index contributed by atoms with van der Waals surface area (Å²) in [7, 11) is 0.